The van der Waals surface area contributed by atoms with Gasteiger partial charge < -0.3 is 19.9 Å². The molecule has 1 saturated carbocycles. The van der Waals surface area contributed by atoms with Gasteiger partial charge in [-0.1, -0.05) is 6.07 Å². The number of hydrogen-bond donors (Lipinski definition) is 2. The first kappa shape index (κ1) is 21.4. The molecule has 0 spiro atoms. The van der Waals surface area contributed by atoms with Crippen LogP contribution < -0.4 is 15.4 Å². The zero-order chi connectivity index (χ0) is 18.5. The summed E-state index contributed by atoms with van der Waals surface area (Å²) in [5.41, 5.74) is 0.822. The molecule has 27 heavy (non-hydrogen) atoms. The van der Waals surface area contributed by atoms with Crippen LogP contribution in [0.25, 0.3) is 0 Å². The van der Waals surface area contributed by atoms with Crippen molar-refractivity contribution in [3.8, 4) is 5.75 Å². The maximum Gasteiger partial charge on any atom is 0.191 e. The van der Waals surface area contributed by atoms with Crippen molar-refractivity contribution in [1.82, 2.24) is 25.4 Å². The standard InChI is InChI=1S/C18H25FN6O.HI/c1-12(23-18(20-2)21-9-17-24-22-11-25(17)3)14-6-7-16(15(19)8-14)26-10-13-4-5-13;/h6-8,11-13H,4-5,9-10H2,1-3H3,(H2,20,21,23);1H. The lowest BCUT2D eigenvalue weighted by molar-refractivity contribution is 0.285. The van der Waals surface area contributed by atoms with Crippen LogP contribution >= 0.6 is 24.0 Å². The first-order chi connectivity index (χ1) is 12.6. The molecule has 3 rings (SSSR count). The minimum atomic E-state index is -0.334. The number of aliphatic imine (C=N–C) groups is 1. The molecule has 1 atom stereocenters. The SMILES string of the molecule is CN=C(NCc1nncn1C)NC(C)c1ccc(OCC2CC2)c(F)c1.I. The smallest absolute Gasteiger partial charge is 0.191 e. The van der Waals surface area contributed by atoms with E-state index < -0.39 is 0 Å². The van der Waals surface area contributed by atoms with Crippen LogP contribution in [0.5, 0.6) is 5.75 Å². The minimum Gasteiger partial charge on any atom is -0.490 e. The van der Waals surface area contributed by atoms with E-state index in [1.54, 1.807) is 19.4 Å². The lowest BCUT2D eigenvalue weighted by Crippen LogP contribution is -2.38. The Bertz CT molecular complexity index is 777. The van der Waals surface area contributed by atoms with Gasteiger partial charge in [-0.15, -0.1) is 34.2 Å². The highest BCUT2D eigenvalue weighted by atomic mass is 127. The summed E-state index contributed by atoms with van der Waals surface area (Å²) >= 11 is 0. The number of halogens is 2. The summed E-state index contributed by atoms with van der Waals surface area (Å²) in [6.45, 7) is 3.04. The summed E-state index contributed by atoms with van der Waals surface area (Å²) in [6, 6.07) is 4.96. The van der Waals surface area contributed by atoms with Crippen LogP contribution in [0.15, 0.2) is 29.5 Å². The highest BCUT2D eigenvalue weighted by Crippen LogP contribution is 2.30. The molecule has 2 aromatic rings. The van der Waals surface area contributed by atoms with Gasteiger partial charge in [0.05, 0.1) is 19.2 Å². The van der Waals surface area contributed by atoms with E-state index in [2.05, 4.69) is 25.8 Å². The molecule has 148 valence electrons. The Morgan fingerprint density at radius 2 is 2.22 bits per heavy atom. The molecular formula is C18H26FIN6O. The Hall–Kier alpha value is -1.91. The molecule has 1 aromatic heterocycles. The summed E-state index contributed by atoms with van der Waals surface area (Å²) < 4.78 is 21.6. The van der Waals surface area contributed by atoms with Crippen LogP contribution in [0.1, 0.15) is 37.2 Å². The van der Waals surface area contributed by atoms with Crippen molar-refractivity contribution in [2.24, 2.45) is 18.0 Å². The zero-order valence-corrected chi connectivity index (χ0v) is 18.1. The van der Waals surface area contributed by atoms with Gasteiger partial charge in [0.1, 0.15) is 6.33 Å². The third-order valence-electron chi connectivity index (χ3n) is 4.42. The van der Waals surface area contributed by atoms with E-state index in [-0.39, 0.29) is 35.8 Å². The molecule has 7 nitrogen and oxygen atoms in total. The Labute approximate surface area is 175 Å². The maximum absolute atomic E-state index is 14.3. The van der Waals surface area contributed by atoms with Crippen LogP contribution in [0.4, 0.5) is 4.39 Å². The van der Waals surface area contributed by atoms with Gasteiger partial charge in [0.2, 0.25) is 0 Å². The van der Waals surface area contributed by atoms with E-state index in [1.165, 1.54) is 18.9 Å². The number of benzene rings is 1. The fraction of sp³-hybridized carbons (Fsp3) is 0.500. The molecular weight excluding hydrogens is 462 g/mol. The lowest BCUT2D eigenvalue weighted by atomic mass is 10.1. The number of guanidine groups is 1. The summed E-state index contributed by atoms with van der Waals surface area (Å²) in [5.74, 6) is 1.98. The van der Waals surface area contributed by atoms with E-state index in [9.17, 15) is 4.39 Å². The van der Waals surface area contributed by atoms with Gasteiger partial charge >= 0.3 is 0 Å². The van der Waals surface area contributed by atoms with Crippen LogP contribution in [0, 0.1) is 11.7 Å². The number of aryl methyl sites for hydroxylation is 1. The topological polar surface area (TPSA) is 76.4 Å². The molecule has 0 saturated heterocycles. The summed E-state index contributed by atoms with van der Waals surface area (Å²) in [4.78, 5) is 4.20. The fourth-order valence-electron chi connectivity index (χ4n) is 2.51. The molecule has 1 fully saturated rings. The van der Waals surface area contributed by atoms with E-state index in [4.69, 9.17) is 4.74 Å². The molecule has 1 heterocycles. The van der Waals surface area contributed by atoms with Crippen LogP contribution in [0.3, 0.4) is 0 Å². The fourth-order valence-corrected chi connectivity index (χ4v) is 2.51. The maximum atomic E-state index is 14.3. The summed E-state index contributed by atoms with van der Waals surface area (Å²) in [7, 11) is 3.57. The van der Waals surface area contributed by atoms with Gasteiger partial charge in [-0.05, 0) is 43.4 Å². The van der Waals surface area contributed by atoms with Gasteiger partial charge in [-0.3, -0.25) is 4.99 Å². The Kier molecular flexibility index (Phi) is 7.81. The summed E-state index contributed by atoms with van der Waals surface area (Å²) in [6.07, 6.45) is 4.01. The van der Waals surface area contributed by atoms with Crippen molar-refractivity contribution in [2.75, 3.05) is 13.7 Å². The number of nitrogens with zero attached hydrogens (tertiary/aromatic N) is 4. The third kappa shape index (κ3) is 6.05. The van der Waals surface area contributed by atoms with Crippen LogP contribution in [-0.4, -0.2) is 34.4 Å². The number of aromatic nitrogens is 3. The normalized spacial score (nSPS) is 15.0. The molecule has 1 aliphatic rings. The van der Waals surface area contributed by atoms with Gasteiger partial charge in [-0.2, -0.15) is 0 Å². The van der Waals surface area contributed by atoms with Gasteiger partial charge in [-0.25, -0.2) is 4.39 Å². The molecule has 0 amide bonds. The van der Waals surface area contributed by atoms with Gasteiger partial charge in [0.15, 0.2) is 23.4 Å². The monoisotopic (exact) mass is 488 g/mol. The second kappa shape index (κ2) is 9.86. The Morgan fingerprint density at radius 3 is 2.81 bits per heavy atom. The molecule has 9 heteroatoms. The van der Waals surface area contributed by atoms with Crippen LogP contribution in [0.2, 0.25) is 0 Å². The van der Waals surface area contributed by atoms with Crippen molar-refractivity contribution in [3.05, 3.63) is 41.7 Å². The van der Waals surface area contributed by atoms with Crippen molar-refractivity contribution in [1.29, 1.82) is 0 Å². The minimum absolute atomic E-state index is 0. The second-order valence-electron chi connectivity index (χ2n) is 6.59. The molecule has 1 aromatic carbocycles. The first-order valence-electron chi connectivity index (χ1n) is 8.79. The first-order valence-corrected chi connectivity index (χ1v) is 8.79. The molecule has 0 aliphatic heterocycles. The average Bonchev–Trinajstić information content (AvgIpc) is 3.38. The van der Waals surface area contributed by atoms with E-state index in [0.29, 0.717) is 30.8 Å². The van der Waals surface area contributed by atoms with E-state index in [0.717, 1.165) is 11.4 Å². The van der Waals surface area contributed by atoms with Gasteiger partial charge in [0.25, 0.3) is 0 Å². The average molecular weight is 488 g/mol. The predicted molar refractivity (Wildman–Crippen MR) is 113 cm³/mol. The van der Waals surface area contributed by atoms with Crippen LogP contribution in [-0.2, 0) is 13.6 Å². The lowest BCUT2D eigenvalue weighted by Gasteiger charge is -2.19. The van der Waals surface area contributed by atoms with Crippen molar-refractivity contribution >= 4 is 29.9 Å². The molecule has 2 N–H and O–H groups in total. The largest absolute Gasteiger partial charge is 0.490 e. The Morgan fingerprint density at radius 1 is 1.44 bits per heavy atom. The number of hydrogen-bond acceptors (Lipinski definition) is 4. The predicted octanol–water partition coefficient (Wildman–Crippen LogP) is 2.79. The van der Waals surface area contributed by atoms with E-state index in [1.807, 2.05) is 24.6 Å². The quantitative estimate of drug-likeness (QED) is 0.356. The molecule has 0 radical (unpaired) electrons. The molecule has 0 bridgehead atoms. The number of ether oxygens (including phenoxy) is 1. The highest BCUT2D eigenvalue weighted by Gasteiger charge is 2.22. The second-order valence-corrected chi connectivity index (χ2v) is 6.59. The summed E-state index contributed by atoms with van der Waals surface area (Å²) in [5, 5.41) is 14.3. The molecule has 1 unspecified atom stereocenters. The zero-order valence-electron chi connectivity index (χ0n) is 15.8. The molecule has 1 aliphatic carbocycles. The van der Waals surface area contributed by atoms with Gasteiger partial charge in [0, 0.05) is 14.1 Å². The van der Waals surface area contributed by atoms with Crippen molar-refractivity contribution in [3.63, 3.8) is 0 Å². The number of nitrogens with one attached hydrogen (secondary N) is 2. The van der Waals surface area contributed by atoms with E-state index >= 15 is 0 Å². The Balaban J connectivity index is 0.00000261. The number of rotatable bonds is 7. The van der Waals surface area contributed by atoms with Crippen molar-refractivity contribution < 1.29 is 9.13 Å². The third-order valence-corrected chi connectivity index (χ3v) is 4.42. The highest BCUT2D eigenvalue weighted by molar-refractivity contribution is 14.0. The van der Waals surface area contributed by atoms with Crippen molar-refractivity contribution in [2.45, 2.75) is 32.4 Å².